The van der Waals surface area contributed by atoms with Gasteiger partial charge in [0, 0.05) is 49.9 Å². The van der Waals surface area contributed by atoms with E-state index in [1.165, 1.54) is 24.3 Å². The Bertz CT molecular complexity index is 930. The molecule has 1 aliphatic rings. The number of carbonyl (C=O) groups excluding carboxylic acids is 1. The second-order valence-corrected chi connectivity index (χ2v) is 8.65. The molecule has 1 saturated heterocycles. The van der Waals surface area contributed by atoms with E-state index in [0.29, 0.717) is 31.2 Å². The van der Waals surface area contributed by atoms with E-state index in [9.17, 15) is 17.6 Å². The van der Waals surface area contributed by atoms with Crippen molar-refractivity contribution in [3.63, 3.8) is 0 Å². The minimum absolute atomic E-state index is 0.0197. The van der Waals surface area contributed by atoms with Gasteiger partial charge in [0.25, 0.3) is 0 Å². The highest BCUT2D eigenvalue weighted by molar-refractivity contribution is 7.89. The number of anilines is 1. The number of benzene rings is 2. The second kappa shape index (κ2) is 8.89. The van der Waals surface area contributed by atoms with Crippen LogP contribution < -0.4 is 9.62 Å². The van der Waals surface area contributed by atoms with Crippen molar-refractivity contribution in [1.29, 1.82) is 0 Å². The molecule has 0 radical (unpaired) electrons. The number of amides is 1. The van der Waals surface area contributed by atoms with Crippen LogP contribution in [0.5, 0.6) is 0 Å². The molecule has 3 rings (SSSR count). The molecule has 0 aromatic heterocycles. The van der Waals surface area contributed by atoms with Gasteiger partial charge in [-0.25, -0.2) is 17.5 Å². The maximum atomic E-state index is 13.0. The molecule has 0 atom stereocenters. The summed E-state index contributed by atoms with van der Waals surface area (Å²) in [6.07, 6.45) is 0.0797. The molecule has 0 saturated carbocycles. The maximum Gasteiger partial charge on any atom is 0.240 e. The first-order valence-electron chi connectivity index (χ1n) is 8.89. The average molecular weight is 426 g/mol. The third-order valence-corrected chi connectivity index (χ3v) is 6.26. The van der Waals surface area contributed by atoms with Crippen LogP contribution in [0.2, 0.25) is 5.02 Å². The topological polar surface area (TPSA) is 69.7 Å². The Balaban J connectivity index is 1.46. The maximum absolute atomic E-state index is 13.0. The van der Waals surface area contributed by atoms with Gasteiger partial charge in [-0.15, -0.1) is 0 Å². The van der Waals surface area contributed by atoms with Gasteiger partial charge in [-0.05, 0) is 42.5 Å². The highest BCUT2D eigenvalue weighted by Gasteiger charge is 2.22. The molecule has 1 heterocycles. The van der Waals surface area contributed by atoms with E-state index in [1.807, 2.05) is 0 Å². The number of nitrogens with zero attached hydrogens (tertiary/aromatic N) is 2. The molecular weight excluding hydrogens is 405 g/mol. The fourth-order valence-corrected chi connectivity index (χ4v) is 4.37. The van der Waals surface area contributed by atoms with Crippen LogP contribution in [0.15, 0.2) is 53.4 Å². The summed E-state index contributed by atoms with van der Waals surface area (Å²) in [4.78, 5) is 16.2. The zero-order valence-electron chi connectivity index (χ0n) is 15.1. The molecule has 2 aromatic rings. The summed E-state index contributed by atoms with van der Waals surface area (Å²) in [6.45, 7) is 2.39. The van der Waals surface area contributed by atoms with Crippen molar-refractivity contribution < 1.29 is 17.6 Å². The lowest BCUT2D eigenvalue weighted by molar-refractivity contribution is -0.131. The van der Waals surface area contributed by atoms with Gasteiger partial charge < -0.3 is 9.80 Å². The number of halogens is 2. The van der Waals surface area contributed by atoms with Crippen LogP contribution in [-0.4, -0.2) is 51.9 Å². The monoisotopic (exact) mass is 425 g/mol. The van der Waals surface area contributed by atoms with Gasteiger partial charge in [0.05, 0.1) is 4.90 Å². The Morgan fingerprint density at radius 1 is 1.07 bits per heavy atom. The number of rotatable bonds is 6. The summed E-state index contributed by atoms with van der Waals surface area (Å²) in [6, 6.07) is 12.2. The van der Waals surface area contributed by atoms with Crippen LogP contribution in [0.25, 0.3) is 0 Å². The van der Waals surface area contributed by atoms with Crippen molar-refractivity contribution in [1.82, 2.24) is 9.62 Å². The van der Waals surface area contributed by atoms with Gasteiger partial charge >= 0.3 is 0 Å². The van der Waals surface area contributed by atoms with Crippen molar-refractivity contribution >= 4 is 33.2 Å². The van der Waals surface area contributed by atoms with Crippen molar-refractivity contribution in [3.05, 3.63) is 59.4 Å². The molecule has 1 amide bonds. The molecule has 1 fully saturated rings. The standard InChI is InChI=1S/C19H21ClFN3O3S/c20-15-2-1-3-18(14-15)28(26,27)22-9-8-19(25)24-12-10-23(11-13-24)17-6-4-16(21)5-7-17/h1-7,14,22H,8-13H2. The Morgan fingerprint density at radius 3 is 2.39 bits per heavy atom. The summed E-state index contributed by atoms with van der Waals surface area (Å²) in [7, 11) is -3.70. The Morgan fingerprint density at radius 2 is 1.75 bits per heavy atom. The number of carbonyl (C=O) groups is 1. The summed E-state index contributed by atoms with van der Waals surface area (Å²) in [5.41, 5.74) is 0.919. The molecule has 9 heteroatoms. The second-order valence-electron chi connectivity index (χ2n) is 6.45. The van der Waals surface area contributed by atoms with Gasteiger partial charge in [-0.2, -0.15) is 0 Å². The minimum Gasteiger partial charge on any atom is -0.368 e. The molecule has 28 heavy (non-hydrogen) atoms. The van der Waals surface area contributed by atoms with Gasteiger partial charge in [0.1, 0.15) is 5.82 Å². The Hall–Kier alpha value is -2.16. The lowest BCUT2D eigenvalue weighted by Gasteiger charge is -2.36. The zero-order valence-corrected chi connectivity index (χ0v) is 16.7. The van der Waals surface area contributed by atoms with Gasteiger partial charge in [-0.1, -0.05) is 17.7 Å². The number of piperazine rings is 1. The van der Waals surface area contributed by atoms with Crippen molar-refractivity contribution in [2.75, 3.05) is 37.6 Å². The molecule has 1 aliphatic heterocycles. The molecule has 0 unspecified atom stereocenters. The normalized spacial score (nSPS) is 14.9. The Kier molecular flexibility index (Phi) is 6.53. The Labute approximate surface area is 168 Å². The van der Waals surface area contributed by atoms with E-state index in [1.54, 1.807) is 29.2 Å². The molecule has 0 bridgehead atoms. The SMILES string of the molecule is O=C(CCNS(=O)(=O)c1cccc(Cl)c1)N1CCN(c2ccc(F)cc2)CC1. The van der Waals surface area contributed by atoms with Crippen LogP contribution in [0.4, 0.5) is 10.1 Å². The lowest BCUT2D eigenvalue weighted by Crippen LogP contribution is -2.49. The van der Waals surface area contributed by atoms with Crippen molar-refractivity contribution in [2.24, 2.45) is 0 Å². The fraction of sp³-hybridized carbons (Fsp3) is 0.316. The summed E-state index contributed by atoms with van der Waals surface area (Å²) < 4.78 is 39.9. The number of nitrogens with one attached hydrogen (secondary N) is 1. The first-order chi connectivity index (χ1) is 13.3. The molecule has 1 N–H and O–H groups in total. The fourth-order valence-electron chi connectivity index (χ4n) is 3.03. The van der Waals surface area contributed by atoms with E-state index in [-0.39, 0.29) is 29.6 Å². The third-order valence-electron chi connectivity index (χ3n) is 4.56. The van der Waals surface area contributed by atoms with Crippen LogP contribution in [0, 0.1) is 5.82 Å². The zero-order chi connectivity index (χ0) is 20.1. The predicted molar refractivity (Wildman–Crippen MR) is 106 cm³/mol. The van der Waals surface area contributed by atoms with E-state index in [2.05, 4.69) is 9.62 Å². The van der Waals surface area contributed by atoms with Crippen LogP contribution >= 0.6 is 11.6 Å². The molecule has 0 spiro atoms. The first kappa shape index (κ1) is 20.6. The molecule has 2 aromatic carbocycles. The molecule has 150 valence electrons. The first-order valence-corrected chi connectivity index (χ1v) is 10.7. The smallest absolute Gasteiger partial charge is 0.240 e. The van der Waals surface area contributed by atoms with E-state index < -0.39 is 10.0 Å². The van der Waals surface area contributed by atoms with E-state index in [4.69, 9.17) is 11.6 Å². The average Bonchev–Trinajstić information content (AvgIpc) is 2.68. The van der Waals surface area contributed by atoms with Crippen LogP contribution in [-0.2, 0) is 14.8 Å². The van der Waals surface area contributed by atoms with Gasteiger partial charge in [-0.3, -0.25) is 4.79 Å². The summed E-state index contributed by atoms with van der Waals surface area (Å²) in [5.74, 6) is -0.384. The van der Waals surface area contributed by atoms with Gasteiger partial charge in [0.15, 0.2) is 0 Å². The van der Waals surface area contributed by atoms with Crippen molar-refractivity contribution in [3.8, 4) is 0 Å². The molecule has 6 nitrogen and oxygen atoms in total. The third kappa shape index (κ3) is 5.21. The molecular formula is C19H21ClFN3O3S. The predicted octanol–water partition coefficient (Wildman–Crippen LogP) is 2.50. The quantitative estimate of drug-likeness (QED) is 0.772. The van der Waals surface area contributed by atoms with Crippen LogP contribution in [0.3, 0.4) is 0 Å². The highest BCUT2D eigenvalue weighted by Crippen LogP contribution is 2.18. The largest absolute Gasteiger partial charge is 0.368 e. The number of hydrogen-bond acceptors (Lipinski definition) is 4. The molecule has 0 aliphatic carbocycles. The van der Waals surface area contributed by atoms with Crippen molar-refractivity contribution in [2.45, 2.75) is 11.3 Å². The number of sulfonamides is 1. The highest BCUT2D eigenvalue weighted by atomic mass is 35.5. The number of hydrogen-bond donors (Lipinski definition) is 1. The van der Waals surface area contributed by atoms with Gasteiger partial charge in [0.2, 0.25) is 15.9 Å². The minimum atomic E-state index is -3.70. The van der Waals surface area contributed by atoms with E-state index in [0.717, 1.165) is 5.69 Å². The van der Waals surface area contributed by atoms with Crippen LogP contribution in [0.1, 0.15) is 6.42 Å². The summed E-state index contributed by atoms with van der Waals surface area (Å²) in [5, 5.41) is 0.331. The van der Waals surface area contributed by atoms with E-state index >= 15 is 0 Å². The lowest BCUT2D eigenvalue weighted by atomic mass is 10.2. The summed E-state index contributed by atoms with van der Waals surface area (Å²) >= 11 is 5.83.